The van der Waals surface area contributed by atoms with Crippen molar-refractivity contribution < 1.29 is 18.0 Å². The molecule has 0 saturated carbocycles. The van der Waals surface area contributed by atoms with Crippen LogP contribution in [-0.4, -0.2) is 12.1 Å². The number of nitrogens with one attached hydrogen (secondary N) is 1. The second-order valence-electron chi connectivity index (χ2n) is 3.25. The van der Waals surface area contributed by atoms with E-state index in [1.54, 1.807) is 18.2 Å². The SMILES string of the molecule is Nc1ccccc1NC(=O)CCC(F)(F)F. The summed E-state index contributed by atoms with van der Waals surface area (Å²) in [5.74, 6) is -0.699. The standard InChI is InChI=1S/C10H11F3N2O/c11-10(12,13)6-5-9(16)15-8-4-2-1-3-7(8)14/h1-4H,5-6,14H2,(H,15,16). The summed E-state index contributed by atoms with van der Waals surface area (Å²) >= 11 is 0. The molecule has 0 fully saturated rings. The number of rotatable bonds is 3. The first kappa shape index (κ1) is 12.4. The molecule has 1 rings (SSSR count). The minimum absolute atomic E-state index is 0.322. The Morgan fingerprint density at radius 1 is 1.31 bits per heavy atom. The molecular formula is C10H11F3N2O. The first-order chi connectivity index (χ1) is 7.38. The summed E-state index contributed by atoms with van der Waals surface area (Å²) in [7, 11) is 0. The molecule has 0 aliphatic carbocycles. The average molecular weight is 232 g/mol. The highest BCUT2D eigenvalue weighted by Gasteiger charge is 2.27. The maximum absolute atomic E-state index is 11.8. The lowest BCUT2D eigenvalue weighted by atomic mass is 10.2. The van der Waals surface area contributed by atoms with E-state index in [9.17, 15) is 18.0 Å². The van der Waals surface area contributed by atoms with Crippen LogP contribution in [-0.2, 0) is 4.79 Å². The Hall–Kier alpha value is -1.72. The van der Waals surface area contributed by atoms with E-state index in [-0.39, 0.29) is 0 Å². The van der Waals surface area contributed by atoms with Crippen molar-refractivity contribution >= 4 is 17.3 Å². The molecule has 0 aliphatic rings. The summed E-state index contributed by atoms with van der Waals surface area (Å²) in [4.78, 5) is 11.1. The molecule has 0 aliphatic heterocycles. The molecule has 6 heteroatoms. The first-order valence-electron chi connectivity index (χ1n) is 4.59. The maximum atomic E-state index is 11.8. The van der Waals surface area contributed by atoms with Crippen molar-refractivity contribution in [2.45, 2.75) is 19.0 Å². The van der Waals surface area contributed by atoms with E-state index in [2.05, 4.69) is 5.32 Å². The van der Waals surface area contributed by atoms with Gasteiger partial charge < -0.3 is 11.1 Å². The molecule has 88 valence electrons. The molecule has 0 spiro atoms. The zero-order valence-corrected chi connectivity index (χ0v) is 8.34. The minimum atomic E-state index is -4.32. The molecule has 0 radical (unpaired) electrons. The van der Waals surface area contributed by atoms with E-state index >= 15 is 0 Å². The number of benzene rings is 1. The van der Waals surface area contributed by atoms with E-state index in [4.69, 9.17) is 5.73 Å². The summed E-state index contributed by atoms with van der Waals surface area (Å²) in [6.07, 6.45) is -6.05. The number of anilines is 2. The van der Waals surface area contributed by atoms with Crippen LogP contribution in [0.4, 0.5) is 24.5 Å². The number of carbonyl (C=O) groups is 1. The second kappa shape index (κ2) is 4.87. The molecular weight excluding hydrogens is 221 g/mol. The Balaban J connectivity index is 2.50. The molecule has 0 atom stereocenters. The fourth-order valence-electron chi connectivity index (χ4n) is 1.08. The van der Waals surface area contributed by atoms with E-state index in [0.717, 1.165) is 0 Å². The van der Waals surface area contributed by atoms with E-state index < -0.39 is 24.9 Å². The van der Waals surface area contributed by atoms with Gasteiger partial charge in [-0.2, -0.15) is 13.2 Å². The van der Waals surface area contributed by atoms with Crippen LogP contribution >= 0.6 is 0 Å². The highest BCUT2D eigenvalue weighted by atomic mass is 19.4. The van der Waals surface area contributed by atoms with Crippen LogP contribution in [0.2, 0.25) is 0 Å². The van der Waals surface area contributed by atoms with Gasteiger partial charge in [-0.25, -0.2) is 0 Å². The van der Waals surface area contributed by atoms with Crippen LogP contribution in [0.3, 0.4) is 0 Å². The molecule has 16 heavy (non-hydrogen) atoms. The molecule has 0 saturated heterocycles. The third-order valence-corrected chi connectivity index (χ3v) is 1.87. The Bertz CT molecular complexity index is 377. The number of hydrogen-bond donors (Lipinski definition) is 2. The maximum Gasteiger partial charge on any atom is 0.389 e. The largest absolute Gasteiger partial charge is 0.397 e. The van der Waals surface area contributed by atoms with Gasteiger partial charge in [0.15, 0.2) is 0 Å². The highest BCUT2D eigenvalue weighted by molar-refractivity contribution is 5.93. The van der Waals surface area contributed by atoms with Gasteiger partial charge in [0.25, 0.3) is 0 Å². The fourth-order valence-corrected chi connectivity index (χ4v) is 1.08. The lowest BCUT2D eigenvalue weighted by Gasteiger charge is -2.08. The molecule has 0 heterocycles. The van der Waals surface area contributed by atoms with Gasteiger partial charge in [-0.05, 0) is 12.1 Å². The van der Waals surface area contributed by atoms with Gasteiger partial charge in [-0.1, -0.05) is 12.1 Å². The number of alkyl halides is 3. The number of amides is 1. The number of carbonyl (C=O) groups excluding carboxylic acids is 1. The topological polar surface area (TPSA) is 55.1 Å². The molecule has 1 aromatic rings. The Morgan fingerprint density at radius 3 is 2.50 bits per heavy atom. The van der Waals surface area contributed by atoms with Crippen molar-refractivity contribution in [2.75, 3.05) is 11.1 Å². The molecule has 1 aromatic carbocycles. The van der Waals surface area contributed by atoms with Gasteiger partial charge in [-0.15, -0.1) is 0 Å². The van der Waals surface area contributed by atoms with Crippen LogP contribution in [0.15, 0.2) is 24.3 Å². The summed E-state index contributed by atoms with van der Waals surface area (Å²) in [6.45, 7) is 0. The van der Waals surface area contributed by atoms with Crippen molar-refractivity contribution in [2.24, 2.45) is 0 Å². The van der Waals surface area contributed by atoms with Crippen molar-refractivity contribution in [3.63, 3.8) is 0 Å². The molecule has 0 bridgehead atoms. The number of hydrogen-bond acceptors (Lipinski definition) is 2. The third kappa shape index (κ3) is 4.20. The lowest BCUT2D eigenvalue weighted by Crippen LogP contribution is -2.17. The molecule has 0 unspecified atom stereocenters. The van der Waals surface area contributed by atoms with Crippen molar-refractivity contribution in [1.29, 1.82) is 0 Å². The van der Waals surface area contributed by atoms with Gasteiger partial charge in [0.2, 0.25) is 5.91 Å². The monoisotopic (exact) mass is 232 g/mol. The van der Waals surface area contributed by atoms with Gasteiger partial charge in [0.1, 0.15) is 0 Å². The Labute approximate surface area is 90.4 Å². The van der Waals surface area contributed by atoms with Crippen LogP contribution in [0, 0.1) is 0 Å². The summed E-state index contributed by atoms with van der Waals surface area (Å²) in [6, 6.07) is 6.39. The zero-order valence-electron chi connectivity index (χ0n) is 8.34. The molecule has 0 aromatic heterocycles. The third-order valence-electron chi connectivity index (χ3n) is 1.87. The van der Waals surface area contributed by atoms with E-state index in [1.807, 2.05) is 0 Å². The smallest absolute Gasteiger partial charge is 0.389 e. The molecule has 1 amide bonds. The quantitative estimate of drug-likeness (QED) is 0.787. The van der Waals surface area contributed by atoms with Gasteiger partial charge in [0, 0.05) is 6.42 Å². The predicted molar refractivity (Wildman–Crippen MR) is 54.8 cm³/mol. The number of nitrogen functional groups attached to an aromatic ring is 1. The normalized spacial score (nSPS) is 11.2. The number of halogens is 3. The predicted octanol–water partition coefficient (Wildman–Crippen LogP) is 2.55. The first-order valence-corrected chi connectivity index (χ1v) is 4.59. The fraction of sp³-hybridized carbons (Fsp3) is 0.300. The van der Waals surface area contributed by atoms with Crippen LogP contribution in [0.1, 0.15) is 12.8 Å². The van der Waals surface area contributed by atoms with Gasteiger partial charge in [-0.3, -0.25) is 4.79 Å². The zero-order chi connectivity index (χ0) is 12.2. The van der Waals surface area contributed by atoms with E-state index in [1.165, 1.54) is 6.07 Å². The second-order valence-corrected chi connectivity index (χ2v) is 3.25. The molecule has 3 nitrogen and oxygen atoms in total. The lowest BCUT2D eigenvalue weighted by molar-refractivity contribution is -0.142. The number of para-hydroxylation sites is 2. The Morgan fingerprint density at radius 2 is 1.94 bits per heavy atom. The van der Waals surface area contributed by atoms with Gasteiger partial charge >= 0.3 is 6.18 Å². The van der Waals surface area contributed by atoms with Crippen LogP contribution in [0.5, 0.6) is 0 Å². The van der Waals surface area contributed by atoms with Gasteiger partial charge in [0.05, 0.1) is 17.8 Å². The average Bonchev–Trinajstić information content (AvgIpc) is 2.18. The number of nitrogens with two attached hydrogens (primary N) is 1. The summed E-state index contributed by atoms with van der Waals surface area (Å²) in [5, 5.41) is 2.32. The summed E-state index contributed by atoms with van der Waals surface area (Å²) < 4.78 is 35.5. The van der Waals surface area contributed by atoms with Crippen LogP contribution in [0.25, 0.3) is 0 Å². The van der Waals surface area contributed by atoms with E-state index in [0.29, 0.717) is 11.4 Å². The van der Waals surface area contributed by atoms with Crippen molar-refractivity contribution in [1.82, 2.24) is 0 Å². The molecule has 3 N–H and O–H groups in total. The van der Waals surface area contributed by atoms with Crippen molar-refractivity contribution in [3.05, 3.63) is 24.3 Å². The minimum Gasteiger partial charge on any atom is -0.397 e. The summed E-state index contributed by atoms with van der Waals surface area (Å²) in [5.41, 5.74) is 6.16. The highest BCUT2D eigenvalue weighted by Crippen LogP contribution is 2.22. The van der Waals surface area contributed by atoms with Crippen LogP contribution < -0.4 is 11.1 Å². The van der Waals surface area contributed by atoms with Crippen molar-refractivity contribution in [3.8, 4) is 0 Å². The Kier molecular flexibility index (Phi) is 3.76.